The topological polar surface area (TPSA) is 189 Å². The Morgan fingerprint density at radius 3 is 0.730 bits per heavy atom. The molecule has 0 aliphatic heterocycles. The molecule has 0 aromatic heterocycles. The fraction of sp³-hybridized carbons (Fsp3) is 0.769. The molecule has 0 heterocycles. The predicted octanol–water partition coefficient (Wildman–Crippen LogP) is 0.954. The zero-order valence-electron chi connectivity index (χ0n) is 23.6. The standard InChI is InChI=1S/2C10H16O4.2C3H8O.Ti/c2*1-3-5-7(11)9(10(13)14)8(12)6-4-2;2*1-3(2)4;/h2*9H,3-6H2,1-2H3,(H,13,14);2*3-4H,1-2H3;/q;;;;+2/p-2. The SMILES string of the molecule is CC(C)O.CC(C)O.CCCC(=O)C(C(=O)[O-])C(=O)CCC.CCCC(=O)C(C(=O)[O-])C(=O)CCC.[Ti+2]. The summed E-state index contributed by atoms with van der Waals surface area (Å²) in [5.74, 6) is -8.37. The first-order valence-electron chi connectivity index (χ1n) is 12.4. The van der Waals surface area contributed by atoms with Gasteiger partial charge in [-0.2, -0.15) is 0 Å². The number of Topliss-reactive ketones (excluding diaryl/α,β-unsaturated/α-hetero) is 4. The Morgan fingerprint density at radius 1 is 0.514 bits per heavy atom. The third-order valence-corrected chi connectivity index (χ3v) is 3.74. The fourth-order valence-electron chi connectivity index (χ4n) is 2.45. The van der Waals surface area contributed by atoms with Gasteiger partial charge in [0.25, 0.3) is 0 Å². The van der Waals surface area contributed by atoms with Gasteiger partial charge in [0.15, 0.2) is 0 Å². The summed E-state index contributed by atoms with van der Waals surface area (Å²) in [7, 11) is 0. The third kappa shape index (κ3) is 30.4. The molecule has 0 saturated heterocycles. The largest absolute Gasteiger partial charge is 2.00 e. The van der Waals surface area contributed by atoms with Gasteiger partial charge in [-0.1, -0.05) is 27.7 Å². The van der Waals surface area contributed by atoms with Gasteiger partial charge in [-0.15, -0.1) is 0 Å². The summed E-state index contributed by atoms with van der Waals surface area (Å²) in [5.41, 5.74) is 0. The van der Waals surface area contributed by atoms with Gasteiger partial charge < -0.3 is 30.0 Å². The molecule has 0 aromatic rings. The first-order valence-corrected chi connectivity index (χ1v) is 12.4. The maximum absolute atomic E-state index is 11.3. The Morgan fingerprint density at radius 2 is 0.649 bits per heavy atom. The number of aliphatic hydroxyl groups excluding tert-OH is 2. The molecular weight excluding hydrogens is 520 g/mol. The van der Waals surface area contributed by atoms with Crippen LogP contribution >= 0.6 is 0 Å². The fourth-order valence-corrected chi connectivity index (χ4v) is 2.45. The van der Waals surface area contributed by atoms with Crippen molar-refractivity contribution in [2.24, 2.45) is 11.8 Å². The summed E-state index contributed by atoms with van der Waals surface area (Å²) in [4.78, 5) is 66.2. The number of hydrogen-bond acceptors (Lipinski definition) is 10. The normalized spacial score (nSPS) is 9.68. The first-order chi connectivity index (χ1) is 16.5. The van der Waals surface area contributed by atoms with Crippen LogP contribution in [-0.2, 0) is 50.5 Å². The Balaban J connectivity index is -0.000000140. The van der Waals surface area contributed by atoms with Gasteiger partial charge >= 0.3 is 21.7 Å². The molecule has 0 fully saturated rings. The molecule has 0 bridgehead atoms. The maximum Gasteiger partial charge on any atom is 2.00 e. The van der Waals surface area contributed by atoms with E-state index in [1.54, 1.807) is 55.4 Å². The molecule has 0 radical (unpaired) electrons. The van der Waals surface area contributed by atoms with Crippen molar-refractivity contribution in [2.45, 2.75) is 119 Å². The average Bonchev–Trinajstić information content (AvgIpc) is 2.68. The monoisotopic (exact) mass is 566 g/mol. The number of hydrogen-bond donors (Lipinski definition) is 2. The zero-order chi connectivity index (χ0) is 29.4. The molecule has 0 unspecified atom stereocenters. The minimum atomic E-state index is -1.57. The molecule has 0 aliphatic carbocycles. The van der Waals surface area contributed by atoms with Gasteiger partial charge in [-0.05, 0) is 53.4 Å². The Bertz CT molecular complexity index is 562. The van der Waals surface area contributed by atoms with Crippen LogP contribution in [0.2, 0.25) is 0 Å². The molecule has 2 N–H and O–H groups in total. The van der Waals surface area contributed by atoms with Gasteiger partial charge in [-0.3, -0.25) is 19.2 Å². The van der Waals surface area contributed by atoms with Crippen molar-refractivity contribution in [3.8, 4) is 0 Å². The molecule has 0 atom stereocenters. The number of aliphatic hydroxyl groups is 2. The van der Waals surface area contributed by atoms with Crippen LogP contribution in [0.4, 0.5) is 0 Å². The second-order valence-electron chi connectivity index (χ2n) is 8.56. The minimum Gasteiger partial charge on any atom is -0.549 e. The van der Waals surface area contributed by atoms with E-state index in [1.807, 2.05) is 0 Å². The third-order valence-electron chi connectivity index (χ3n) is 3.74. The Labute approximate surface area is 236 Å². The van der Waals surface area contributed by atoms with E-state index in [0.29, 0.717) is 25.7 Å². The molecule has 0 spiro atoms. The number of carboxylic acids is 2. The number of ketones is 4. The van der Waals surface area contributed by atoms with Crippen LogP contribution in [-0.4, -0.2) is 57.5 Å². The van der Waals surface area contributed by atoms with Gasteiger partial charge in [0.1, 0.15) is 35.0 Å². The summed E-state index contributed by atoms with van der Waals surface area (Å²) >= 11 is 0. The van der Waals surface area contributed by atoms with Gasteiger partial charge in [0.2, 0.25) is 0 Å². The minimum absolute atomic E-state index is 0. The van der Waals surface area contributed by atoms with Crippen molar-refractivity contribution in [3.63, 3.8) is 0 Å². The molecule has 11 heteroatoms. The van der Waals surface area contributed by atoms with Crippen LogP contribution in [0.15, 0.2) is 0 Å². The second-order valence-corrected chi connectivity index (χ2v) is 8.56. The Kier molecular flexibility index (Phi) is 35.2. The average molecular weight is 567 g/mol. The van der Waals surface area contributed by atoms with Gasteiger partial charge in [0, 0.05) is 37.9 Å². The van der Waals surface area contributed by atoms with Crippen molar-refractivity contribution < 1.29 is 70.9 Å². The number of carboxylic acid groups (broad SMARTS) is 2. The molecule has 0 aliphatic rings. The van der Waals surface area contributed by atoms with E-state index in [0.717, 1.165) is 0 Å². The molecule has 0 aromatic carbocycles. The molecule has 214 valence electrons. The first kappa shape index (κ1) is 45.2. The zero-order valence-corrected chi connectivity index (χ0v) is 25.2. The summed E-state index contributed by atoms with van der Waals surface area (Å²) < 4.78 is 0. The van der Waals surface area contributed by atoms with E-state index >= 15 is 0 Å². The molecule has 37 heavy (non-hydrogen) atoms. The summed E-state index contributed by atoms with van der Waals surface area (Å²) in [6.45, 7) is 13.9. The van der Waals surface area contributed by atoms with Crippen LogP contribution in [0, 0.1) is 11.8 Å². The summed E-state index contributed by atoms with van der Waals surface area (Å²) in [6.07, 6.45) is 2.32. The number of rotatable bonds is 14. The van der Waals surface area contributed by atoms with Gasteiger partial charge in [0.05, 0.1) is 11.9 Å². The van der Waals surface area contributed by atoms with Gasteiger partial charge in [-0.25, -0.2) is 0 Å². The molecular formula is C26H46O10Ti. The number of carbonyl (C=O) groups is 6. The van der Waals surface area contributed by atoms with E-state index < -0.39 is 46.9 Å². The van der Waals surface area contributed by atoms with Crippen LogP contribution in [0.5, 0.6) is 0 Å². The molecule has 0 amide bonds. The number of aliphatic carboxylic acids is 2. The van der Waals surface area contributed by atoms with Crippen molar-refractivity contribution in [1.29, 1.82) is 0 Å². The number of carbonyl (C=O) groups excluding carboxylic acids is 6. The summed E-state index contributed by atoms with van der Waals surface area (Å²) in [6, 6.07) is 0. The van der Waals surface area contributed by atoms with Crippen molar-refractivity contribution in [3.05, 3.63) is 0 Å². The van der Waals surface area contributed by atoms with Crippen molar-refractivity contribution >= 4 is 35.1 Å². The summed E-state index contributed by atoms with van der Waals surface area (Å²) in [5, 5.41) is 37.3. The van der Waals surface area contributed by atoms with E-state index in [9.17, 15) is 39.0 Å². The second kappa shape index (κ2) is 28.8. The molecule has 0 rings (SSSR count). The molecule has 10 nitrogen and oxygen atoms in total. The maximum atomic E-state index is 11.3. The van der Waals surface area contributed by atoms with E-state index in [4.69, 9.17) is 10.2 Å². The van der Waals surface area contributed by atoms with Crippen LogP contribution in [0.25, 0.3) is 0 Å². The van der Waals surface area contributed by atoms with Crippen molar-refractivity contribution in [1.82, 2.24) is 0 Å². The van der Waals surface area contributed by atoms with Crippen molar-refractivity contribution in [2.75, 3.05) is 0 Å². The van der Waals surface area contributed by atoms with E-state index in [2.05, 4.69) is 0 Å². The van der Waals surface area contributed by atoms with E-state index in [-0.39, 0.29) is 59.6 Å². The predicted molar refractivity (Wildman–Crippen MR) is 131 cm³/mol. The quantitative estimate of drug-likeness (QED) is 0.226. The van der Waals surface area contributed by atoms with Crippen LogP contribution in [0.1, 0.15) is 107 Å². The smallest absolute Gasteiger partial charge is 0.549 e. The Hall–Kier alpha value is -1.75. The van der Waals surface area contributed by atoms with Crippen LogP contribution < -0.4 is 10.2 Å². The van der Waals surface area contributed by atoms with E-state index in [1.165, 1.54) is 0 Å². The molecule has 0 saturated carbocycles. The van der Waals surface area contributed by atoms with Crippen LogP contribution in [0.3, 0.4) is 0 Å².